The molecule has 1 aliphatic rings. The van der Waals surface area contributed by atoms with E-state index in [1.54, 1.807) is 0 Å². The zero-order chi connectivity index (χ0) is 10.1. The first-order valence-corrected chi connectivity index (χ1v) is 6.45. The molecule has 5 heteroatoms. The first-order chi connectivity index (χ1) is 5.95. The van der Waals surface area contributed by atoms with E-state index in [0.717, 1.165) is 5.57 Å². The summed E-state index contributed by atoms with van der Waals surface area (Å²) in [5.41, 5.74) is 0.848. The van der Waals surface area contributed by atoms with E-state index in [-0.39, 0.29) is 11.7 Å². The lowest BCUT2D eigenvalue weighted by atomic mass is 10.2. The predicted molar refractivity (Wildman–Crippen MR) is 57.5 cm³/mol. The number of nitrogens with zero attached hydrogens (tertiary/aromatic N) is 1. The van der Waals surface area contributed by atoms with Crippen molar-refractivity contribution in [3.05, 3.63) is 12.2 Å². The van der Waals surface area contributed by atoms with Crippen molar-refractivity contribution in [1.82, 2.24) is 4.31 Å². The smallest absolute Gasteiger partial charge is 0.212 e. The van der Waals surface area contributed by atoms with E-state index < -0.39 is 10.0 Å². The molecule has 1 aliphatic heterocycles. The van der Waals surface area contributed by atoms with E-state index in [2.05, 4.69) is 19.2 Å². The molecule has 1 rings (SSSR count). The van der Waals surface area contributed by atoms with Gasteiger partial charge in [-0.3, -0.25) is 0 Å². The molecule has 0 bridgehead atoms. The molecular formula is C8H15NO2S2. The van der Waals surface area contributed by atoms with Gasteiger partial charge in [0, 0.05) is 18.8 Å². The third-order valence-electron chi connectivity index (χ3n) is 2.03. The summed E-state index contributed by atoms with van der Waals surface area (Å²) in [5, 5.41) is 0. The van der Waals surface area contributed by atoms with E-state index >= 15 is 0 Å². The van der Waals surface area contributed by atoms with Gasteiger partial charge in [-0.25, -0.2) is 8.42 Å². The molecule has 0 aromatic rings. The molecule has 1 unspecified atom stereocenters. The number of hydrogen-bond donors (Lipinski definition) is 1. The third kappa shape index (κ3) is 2.72. The molecule has 0 radical (unpaired) electrons. The molecule has 0 spiro atoms. The van der Waals surface area contributed by atoms with Gasteiger partial charge in [0.2, 0.25) is 10.0 Å². The monoisotopic (exact) mass is 221 g/mol. The van der Waals surface area contributed by atoms with Gasteiger partial charge in [-0.05, 0) is 5.92 Å². The van der Waals surface area contributed by atoms with Gasteiger partial charge in [0.1, 0.15) is 0 Å². The molecule has 1 fully saturated rings. The molecule has 0 aromatic heterocycles. The Morgan fingerprint density at radius 2 is 2.31 bits per heavy atom. The SMILES string of the molecule is C=C(CS)CN1CC(C)CS1(=O)=O. The van der Waals surface area contributed by atoms with E-state index in [0.29, 0.717) is 18.8 Å². The summed E-state index contributed by atoms with van der Waals surface area (Å²) in [5.74, 6) is 1.05. The van der Waals surface area contributed by atoms with Gasteiger partial charge in [0.25, 0.3) is 0 Å². The lowest BCUT2D eigenvalue weighted by molar-refractivity contribution is 0.439. The zero-order valence-electron chi connectivity index (χ0n) is 7.73. The van der Waals surface area contributed by atoms with Crippen LogP contribution in [0.1, 0.15) is 6.92 Å². The van der Waals surface area contributed by atoms with Gasteiger partial charge < -0.3 is 0 Å². The second kappa shape index (κ2) is 4.02. The first kappa shape index (κ1) is 11.1. The Balaban J connectivity index is 2.66. The molecule has 1 heterocycles. The second-order valence-corrected chi connectivity index (χ2v) is 5.91. The zero-order valence-corrected chi connectivity index (χ0v) is 9.44. The lowest BCUT2D eigenvalue weighted by Gasteiger charge is -2.14. The maximum absolute atomic E-state index is 11.5. The van der Waals surface area contributed by atoms with Gasteiger partial charge in [0.05, 0.1) is 5.75 Å². The van der Waals surface area contributed by atoms with Gasteiger partial charge in [-0.1, -0.05) is 19.1 Å². The predicted octanol–water partition coefficient (Wildman–Crippen LogP) is 0.754. The minimum atomic E-state index is -3.00. The fourth-order valence-electron chi connectivity index (χ4n) is 1.44. The molecule has 1 saturated heterocycles. The van der Waals surface area contributed by atoms with Crippen molar-refractivity contribution in [3.63, 3.8) is 0 Å². The van der Waals surface area contributed by atoms with Crippen molar-refractivity contribution >= 4 is 22.7 Å². The Labute approximate surface area is 85.3 Å². The highest BCUT2D eigenvalue weighted by Gasteiger charge is 2.33. The van der Waals surface area contributed by atoms with Crippen LogP contribution in [0.15, 0.2) is 12.2 Å². The van der Waals surface area contributed by atoms with E-state index in [4.69, 9.17) is 0 Å². The molecule has 13 heavy (non-hydrogen) atoms. The summed E-state index contributed by atoms with van der Waals surface area (Å²) in [6.45, 7) is 6.74. The largest absolute Gasteiger partial charge is 0.214 e. The Morgan fingerprint density at radius 1 is 1.69 bits per heavy atom. The van der Waals surface area contributed by atoms with E-state index in [1.807, 2.05) is 6.92 Å². The topological polar surface area (TPSA) is 37.4 Å². The van der Waals surface area contributed by atoms with Crippen LogP contribution in [-0.2, 0) is 10.0 Å². The van der Waals surface area contributed by atoms with Gasteiger partial charge in [-0.15, -0.1) is 0 Å². The number of hydrogen-bond acceptors (Lipinski definition) is 3. The third-order valence-corrected chi connectivity index (χ3v) is 4.53. The molecule has 1 atom stereocenters. The van der Waals surface area contributed by atoms with Crippen LogP contribution in [0.5, 0.6) is 0 Å². The fourth-order valence-corrected chi connectivity index (χ4v) is 3.44. The first-order valence-electron chi connectivity index (χ1n) is 4.21. The van der Waals surface area contributed by atoms with E-state index in [9.17, 15) is 8.42 Å². The summed E-state index contributed by atoms with van der Waals surface area (Å²) < 4.78 is 24.5. The second-order valence-electron chi connectivity index (χ2n) is 3.58. The van der Waals surface area contributed by atoms with Crippen LogP contribution >= 0.6 is 12.6 Å². The van der Waals surface area contributed by atoms with E-state index in [1.165, 1.54) is 4.31 Å². The minimum absolute atomic E-state index is 0.234. The normalized spacial score (nSPS) is 27.7. The van der Waals surface area contributed by atoms with Crippen LogP contribution in [0.4, 0.5) is 0 Å². The van der Waals surface area contributed by atoms with Crippen LogP contribution in [-0.4, -0.2) is 37.3 Å². The maximum Gasteiger partial charge on any atom is 0.214 e. The van der Waals surface area contributed by atoms with Crippen molar-refractivity contribution < 1.29 is 8.42 Å². The van der Waals surface area contributed by atoms with Crippen LogP contribution in [0.3, 0.4) is 0 Å². The summed E-state index contributed by atoms with van der Waals surface area (Å²) in [6, 6.07) is 0. The quantitative estimate of drug-likeness (QED) is 0.564. The average Bonchev–Trinajstić information content (AvgIpc) is 2.24. The van der Waals surface area contributed by atoms with Crippen LogP contribution in [0.25, 0.3) is 0 Å². The molecule has 3 nitrogen and oxygen atoms in total. The summed E-state index contributed by atoms with van der Waals surface area (Å²) >= 11 is 4.05. The molecule has 0 aliphatic carbocycles. The van der Waals surface area contributed by atoms with Gasteiger partial charge >= 0.3 is 0 Å². The Morgan fingerprint density at radius 3 is 2.69 bits per heavy atom. The summed E-state index contributed by atoms with van der Waals surface area (Å²) in [7, 11) is -3.00. The van der Waals surface area contributed by atoms with Crippen molar-refractivity contribution in [2.75, 3.05) is 24.6 Å². The number of thiol groups is 1. The molecule has 0 N–H and O–H groups in total. The van der Waals surface area contributed by atoms with Gasteiger partial charge in [0.15, 0.2) is 0 Å². The van der Waals surface area contributed by atoms with Gasteiger partial charge in [-0.2, -0.15) is 16.9 Å². The molecule has 0 saturated carbocycles. The standard InChI is InChI=1S/C8H15NO2S2/c1-7(5-12)3-9-4-8(2)6-13(9,10)11/h8,12H,1,3-6H2,2H3. The lowest BCUT2D eigenvalue weighted by Crippen LogP contribution is -2.28. The van der Waals surface area contributed by atoms with Crippen molar-refractivity contribution in [3.8, 4) is 0 Å². The molecule has 0 aromatic carbocycles. The highest BCUT2D eigenvalue weighted by molar-refractivity contribution is 7.89. The van der Waals surface area contributed by atoms with Crippen LogP contribution < -0.4 is 0 Å². The van der Waals surface area contributed by atoms with Crippen molar-refractivity contribution in [1.29, 1.82) is 0 Å². The Hall–Kier alpha value is -0.0000000000000000555. The van der Waals surface area contributed by atoms with Crippen LogP contribution in [0, 0.1) is 5.92 Å². The maximum atomic E-state index is 11.5. The number of rotatable bonds is 3. The van der Waals surface area contributed by atoms with Crippen LogP contribution in [0.2, 0.25) is 0 Å². The van der Waals surface area contributed by atoms with Crippen molar-refractivity contribution in [2.24, 2.45) is 5.92 Å². The highest BCUT2D eigenvalue weighted by atomic mass is 32.2. The molecule has 76 valence electrons. The summed E-state index contributed by atoms with van der Waals surface area (Å²) in [4.78, 5) is 0. The minimum Gasteiger partial charge on any atom is -0.212 e. The molecular weight excluding hydrogens is 206 g/mol. The average molecular weight is 221 g/mol. The number of sulfonamides is 1. The molecule has 0 amide bonds. The van der Waals surface area contributed by atoms with Crippen molar-refractivity contribution in [2.45, 2.75) is 6.92 Å². The highest BCUT2D eigenvalue weighted by Crippen LogP contribution is 2.19. The fraction of sp³-hybridized carbons (Fsp3) is 0.750. The Kier molecular flexibility index (Phi) is 3.43. The Bertz CT molecular complexity index is 297. The summed E-state index contributed by atoms with van der Waals surface area (Å²) in [6.07, 6.45) is 0.